The van der Waals surface area contributed by atoms with Crippen molar-refractivity contribution < 1.29 is 24.2 Å². The number of hydrogen-bond donors (Lipinski definition) is 2. The summed E-state index contributed by atoms with van der Waals surface area (Å²) >= 11 is 0. The third-order valence-corrected chi connectivity index (χ3v) is 1.41. The lowest BCUT2D eigenvalue weighted by Crippen LogP contribution is -2.41. The molecule has 0 spiro atoms. The number of methoxy groups -OCH3 is 1. The monoisotopic (exact) mass is 203 g/mol. The lowest BCUT2D eigenvalue weighted by Gasteiger charge is -2.11. The van der Waals surface area contributed by atoms with Gasteiger partial charge in [-0.15, -0.1) is 0 Å². The fraction of sp³-hybridized carbons (Fsp3) is 0.625. The Morgan fingerprint density at radius 2 is 2.00 bits per heavy atom. The van der Waals surface area contributed by atoms with Crippen LogP contribution in [0.4, 0.5) is 0 Å². The Bertz CT molecular complexity index is 238. The number of ketones is 1. The highest BCUT2D eigenvalue weighted by Gasteiger charge is 2.21. The minimum absolute atomic E-state index is 0.149. The molecule has 0 rings (SSSR count). The van der Waals surface area contributed by atoms with Crippen molar-refractivity contribution >= 4 is 17.7 Å². The summed E-state index contributed by atoms with van der Waals surface area (Å²) in [6, 6.07) is -1.17. The van der Waals surface area contributed by atoms with Crippen LogP contribution in [0.5, 0.6) is 0 Å². The number of carbonyl (C=O) groups excluding carboxylic acids is 2. The van der Waals surface area contributed by atoms with Crippen molar-refractivity contribution in [1.29, 1.82) is 0 Å². The topological polar surface area (TPSA) is 92.7 Å². The van der Waals surface area contributed by atoms with Crippen molar-refractivity contribution in [1.82, 2.24) is 5.32 Å². The molecule has 0 saturated heterocycles. The number of Topliss-reactive ketones (excluding diaryl/α,β-unsaturated/α-hetero) is 1. The van der Waals surface area contributed by atoms with Gasteiger partial charge in [-0.2, -0.15) is 0 Å². The fourth-order valence-corrected chi connectivity index (χ4v) is 0.893. The molecule has 1 atom stereocenters. The molecular weight excluding hydrogens is 190 g/mol. The van der Waals surface area contributed by atoms with Crippen molar-refractivity contribution in [3.05, 3.63) is 0 Å². The van der Waals surface area contributed by atoms with Crippen molar-refractivity contribution in [3.8, 4) is 0 Å². The van der Waals surface area contributed by atoms with E-state index in [1.807, 2.05) is 0 Å². The van der Waals surface area contributed by atoms with E-state index in [0.29, 0.717) is 0 Å². The molecule has 0 aromatic rings. The molecular formula is C8H13NO5. The predicted molar refractivity (Wildman–Crippen MR) is 46.7 cm³/mol. The van der Waals surface area contributed by atoms with E-state index in [2.05, 4.69) is 10.1 Å². The standard InChI is InChI=1S/C8H13NO5/c1-5(10)9-7(8(12)13)3-6(11)4-14-2/h7H,3-4H2,1-2H3,(H,9,10)(H,12,13). The Balaban J connectivity index is 4.16. The maximum atomic E-state index is 11.0. The third-order valence-electron chi connectivity index (χ3n) is 1.41. The van der Waals surface area contributed by atoms with Crippen LogP contribution in [0.3, 0.4) is 0 Å². The molecule has 0 aromatic heterocycles. The normalized spacial score (nSPS) is 11.9. The first-order valence-electron chi connectivity index (χ1n) is 3.98. The van der Waals surface area contributed by atoms with E-state index in [0.717, 1.165) is 0 Å². The second-order valence-electron chi connectivity index (χ2n) is 2.77. The Hall–Kier alpha value is -1.43. The van der Waals surface area contributed by atoms with Crippen molar-refractivity contribution in [2.24, 2.45) is 0 Å². The average molecular weight is 203 g/mol. The minimum Gasteiger partial charge on any atom is -0.480 e. The van der Waals surface area contributed by atoms with E-state index in [1.165, 1.54) is 14.0 Å². The summed E-state index contributed by atoms with van der Waals surface area (Å²) in [6.45, 7) is 1.04. The summed E-state index contributed by atoms with van der Waals surface area (Å²) in [5.41, 5.74) is 0. The first kappa shape index (κ1) is 12.6. The molecule has 80 valence electrons. The van der Waals surface area contributed by atoms with Gasteiger partial charge < -0.3 is 15.2 Å². The average Bonchev–Trinajstić information content (AvgIpc) is 2.02. The number of amides is 1. The van der Waals surface area contributed by atoms with Crippen LogP contribution in [0.1, 0.15) is 13.3 Å². The van der Waals surface area contributed by atoms with Gasteiger partial charge in [0.1, 0.15) is 12.6 Å². The van der Waals surface area contributed by atoms with Gasteiger partial charge in [0.2, 0.25) is 5.91 Å². The van der Waals surface area contributed by atoms with Crippen LogP contribution in [-0.4, -0.2) is 42.5 Å². The van der Waals surface area contributed by atoms with E-state index in [4.69, 9.17) is 5.11 Å². The van der Waals surface area contributed by atoms with Crippen molar-refractivity contribution in [2.45, 2.75) is 19.4 Å². The maximum Gasteiger partial charge on any atom is 0.326 e. The van der Waals surface area contributed by atoms with Gasteiger partial charge in [0, 0.05) is 20.5 Å². The maximum absolute atomic E-state index is 11.0. The zero-order valence-electron chi connectivity index (χ0n) is 8.07. The molecule has 0 aliphatic carbocycles. The van der Waals surface area contributed by atoms with Gasteiger partial charge >= 0.3 is 5.97 Å². The molecule has 0 heterocycles. The first-order valence-corrected chi connectivity index (χ1v) is 3.98. The smallest absolute Gasteiger partial charge is 0.326 e. The summed E-state index contributed by atoms with van der Waals surface area (Å²) in [5, 5.41) is 10.8. The second kappa shape index (κ2) is 6.09. The molecule has 1 amide bonds. The van der Waals surface area contributed by atoms with Crippen LogP contribution in [0.25, 0.3) is 0 Å². The second-order valence-corrected chi connectivity index (χ2v) is 2.77. The van der Waals surface area contributed by atoms with Crippen LogP contribution in [0.15, 0.2) is 0 Å². The summed E-state index contributed by atoms with van der Waals surface area (Å²) in [6.07, 6.45) is -0.261. The molecule has 0 bridgehead atoms. The van der Waals surface area contributed by atoms with Crippen LogP contribution >= 0.6 is 0 Å². The van der Waals surface area contributed by atoms with Gasteiger partial charge in [-0.1, -0.05) is 0 Å². The third kappa shape index (κ3) is 5.26. The Labute approximate surface area is 81.2 Å². The zero-order valence-corrected chi connectivity index (χ0v) is 8.07. The number of nitrogens with one attached hydrogen (secondary N) is 1. The molecule has 0 aromatic carbocycles. The summed E-state index contributed by atoms with van der Waals surface area (Å²) in [5.74, 6) is -2.08. The van der Waals surface area contributed by atoms with Crippen molar-refractivity contribution in [3.63, 3.8) is 0 Å². The van der Waals surface area contributed by atoms with Crippen LogP contribution in [0, 0.1) is 0 Å². The molecule has 2 N–H and O–H groups in total. The van der Waals surface area contributed by atoms with E-state index < -0.39 is 17.9 Å². The van der Waals surface area contributed by atoms with E-state index in [1.54, 1.807) is 0 Å². The minimum atomic E-state index is -1.23. The van der Waals surface area contributed by atoms with E-state index in [-0.39, 0.29) is 18.8 Å². The Morgan fingerprint density at radius 1 is 1.43 bits per heavy atom. The number of ether oxygens (including phenoxy) is 1. The summed E-state index contributed by atoms with van der Waals surface area (Å²) in [7, 11) is 1.34. The lowest BCUT2D eigenvalue weighted by atomic mass is 10.1. The molecule has 1 unspecified atom stereocenters. The van der Waals surface area contributed by atoms with Gasteiger partial charge in [-0.05, 0) is 0 Å². The number of hydrogen-bond acceptors (Lipinski definition) is 4. The highest BCUT2D eigenvalue weighted by Crippen LogP contribution is 1.94. The van der Waals surface area contributed by atoms with E-state index in [9.17, 15) is 14.4 Å². The number of aliphatic carboxylic acids is 1. The molecule has 6 heteroatoms. The van der Waals surface area contributed by atoms with Gasteiger partial charge in [0.15, 0.2) is 5.78 Å². The molecule has 0 radical (unpaired) electrons. The molecule has 0 aliphatic heterocycles. The zero-order chi connectivity index (χ0) is 11.1. The predicted octanol–water partition coefficient (Wildman–Crippen LogP) is -0.819. The van der Waals surface area contributed by atoms with Crippen LogP contribution in [-0.2, 0) is 19.1 Å². The summed E-state index contributed by atoms with van der Waals surface area (Å²) < 4.78 is 4.53. The van der Waals surface area contributed by atoms with Gasteiger partial charge in [-0.25, -0.2) is 4.79 Å². The Kier molecular flexibility index (Phi) is 5.47. The highest BCUT2D eigenvalue weighted by molar-refractivity contribution is 5.89. The Morgan fingerprint density at radius 3 is 2.36 bits per heavy atom. The SMILES string of the molecule is COCC(=O)CC(NC(C)=O)C(=O)O. The number of carbonyl (C=O) groups is 3. The molecule has 0 saturated carbocycles. The van der Waals surface area contributed by atoms with Gasteiger partial charge in [0.25, 0.3) is 0 Å². The first-order chi connectivity index (χ1) is 6.47. The molecule has 6 nitrogen and oxygen atoms in total. The van der Waals surface area contributed by atoms with Crippen LogP contribution in [0.2, 0.25) is 0 Å². The number of carboxylic acid groups (broad SMARTS) is 1. The molecule has 14 heavy (non-hydrogen) atoms. The van der Waals surface area contributed by atoms with Crippen LogP contribution < -0.4 is 5.32 Å². The number of rotatable bonds is 6. The fourth-order valence-electron chi connectivity index (χ4n) is 0.893. The highest BCUT2D eigenvalue weighted by atomic mass is 16.5. The summed E-state index contributed by atoms with van der Waals surface area (Å²) in [4.78, 5) is 32.1. The lowest BCUT2D eigenvalue weighted by molar-refractivity contribution is -0.143. The largest absolute Gasteiger partial charge is 0.480 e. The van der Waals surface area contributed by atoms with E-state index >= 15 is 0 Å². The molecule has 0 aliphatic rings. The van der Waals surface area contributed by atoms with Crippen molar-refractivity contribution in [2.75, 3.05) is 13.7 Å². The number of carboxylic acids is 1. The van der Waals surface area contributed by atoms with Gasteiger partial charge in [0.05, 0.1) is 0 Å². The molecule has 0 fully saturated rings. The quantitative estimate of drug-likeness (QED) is 0.588. The van der Waals surface area contributed by atoms with Gasteiger partial charge in [-0.3, -0.25) is 9.59 Å².